The van der Waals surface area contributed by atoms with Crippen LogP contribution in [0.15, 0.2) is 12.3 Å². The Morgan fingerprint density at radius 3 is 2.89 bits per heavy atom. The smallest absolute Gasteiger partial charge is 0.253 e. The van der Waals surface area contributed by atoms with Crippen LogP contribution in [0.25, 0.3) is 0 Å². The lowest BCUT2D eigenvalue weighted by atomic mass is 9.67. The fourth-order valence-corrected chi connectivity index (χ4v) is 2.49. The van der Waals surface area contributed by atoms with E-state index in [0.717, 1.165) is 6.42 Å². The number of pyridine rings is 1. The largest absolute Gasteiger partial charge is 0.397 e. The molecule has 1 heterocycles. The van der Waals surface area contributed by atoms with E-state index in [-0.39, 0.29) is 11.1 Å². The zero-order valence-electron chi connectivity index (χ0n) is 10.5. The normalized spacial score (nSPS) is 17.0. The van der Waals surface area contributed by atoms with Crippen molar-refractivity contribution in [2.75, 3.05) is 12.3 Å². The van der Waals surface area contributed by atoms with Gasteiger partial charge in [-0.05, 0) is 30.7 Å². The summed E-state index contributed by atoms with van der Waals surface area (Å²) in [5.41, 5.74) is 6.78. The quantitative estimate of drug-likeness (QED) is 0.824. The Morgan fingerprint density at radius 1 is 1.61 bits per heavy atom. The molecule has 18 heavy (non-hydrogen) atoms. The van der Waals surface area contributed by atoms with E-state index < -0.39 is 0 Å². The van der Waals surface area contributed by atoms with Gasteiger partial charge in [0.15, 0.2) is 0 Å². The molecular formula is C13H18ClN3O. The summed E-state index contributed by atoms with van der Waals surface area (Å²) in [4.78, 5) is 15.9. The number of halogens is 1. The van der Waals surface area contributed by atoms with Crippen LogP contribution in [-0.4, -0.2) is 17.4 Å². The first kappa shape index (κ1) is 13.1. The zero-order valence-corrected chi connectivity index (χ0v) is 11.3. The van der Waals surface area contributed by atoms with Crippen LogP contribution >= 0.6 is 11.6 Å². The molecule has 1 aliphatic carbocycles. The van der Waals surface area contributed by atoms with E-state index in [2.05, 4.69) is 17.2 Å². The van der Waals surface area contributed by atoms with E-state index in [1.54, 1.807) is 0 Å². The zero-order chi connectivity index (χ0) is 13.2. The number of hydrogen-bond donors (Lipinski definition) is 2. The highest BCUT2D eigenvalue weighted by atomic mass is 35.5. The van der Waals surface area contributed by atoms with E-state index in [1.165, 1.54) is 31.5 Å². The van der Waals surface area contributed by atoms with Gasteiger partial charge < -0.3 is 11.1 Å². The van der Waals surface area contributed by atoms with Crippen LogP contribution in [0.3, 0.4) is 0 Å². The topological polar surface area (TPSA) is 68.0 Å². The Labute approximate surface area is 112 Å². The molecule has 3 N–H and O–H groups in total. The van der Waals surface area contributed by atoms with Gasteiger partial charge >= 0.3 is 0 Å². The maximum absolute atomic E-state index is 12.0. The third-order valence-electron chi connectivity index (χ3n) is 3.93. The van der Waals surface area contributed by atoms with Crippen molar-refractivity contribution in [2.24, 2.45) is 5.41 Å². The predicted octanol–water partition coefficient (Wildman–Crippen LogP) is 2.63. The van der Waals surface area contributed by atoms with Gasteiger partial charge in [0, 0.05) is 6.54 Å². The van der Waals surface area contributed by atoms with E-state index in [1.807, 2.05) is 0 Å². The Bertz CT molecular complexity index is 452. The Balaban J connectivity index is 2.01. The molecular weight excluding hydrogens is 250 g/mol. The van der Waals surface area contributed by atoms with Crippen molar-refractivity contribution in [3.05, 3.63) is 23.0 Å². The number of nitrogens with one attached hydrogen (secondary N) is 1. The number of nitrogens with zero attached hydrogens (tertiary/aromatic N) is 1. The molecule has 5 heteroatoms. The summed E-state index contributed by atoms with van der Waals surface area (Å²) in [6, 6.07) is 1.51. The number of aromatic nitrogens is 1. The number of rotatable bonds is 4. The third kappa shape index (κ3) is 2.58. The van der Waals surface area contributed by atoms with Gasteiger partial charge in [0.2, 0.25) is 0 Å². The van der Waals surface area contributed by atoms with E-state index in [0.29, 0.717) is 23.2 Å². The Morgan fingerprint density at radius 2 is 2.33 bits per heavy atom. The molecule has 4 nitrogen and oxygen atoms in total. The summed E-state index contributed by atoms with van der Waals surface area (Å²) in [7, 11) is 0. The second-order valence-electron chi connectivity index (χ2n) is 4.98. The van der Waals surface area contributed by atoms with Crippen molar-refractivity contribution in [3.63, 3.8) is 0 Å². The summed E-state index contributed by atoms with van der Waals surface area (Å²) >= 11 is 5.77. The highest BCUT2D eigenvalue weighted by Gasteiger charge is 2.35. The molecule has 0 saturated heterocycles. The van der Waals surface area contributed by atoms with Gasteiger partial charge in [0.1, 0.15) is 5.15 Å². The van der Waals surface area contributed by atoms with Gasteiger partial charge in [-0.25, -0.2) is 4.98 Å². The van der Waals surface area contributed by atoms with Crippen LogP contribution in [0.1, 0.15) is 43.0 Å². The average molecular weight is 268 g/mol. The molecule has 2 rings (SSSR count). The van der Waals surface area contributed by atoms with Crippen LogP contribution in [0.5, 0.6) is 0 Å². The molecule has 98 valence electrons. The molecule has 1 amide bonds. The molecule has 1 fully saturated rings. The summed E-state index contributed by atoms with van der Waals surface area (Å²) in [6.45, 7) is 2.88. The van der Waals surface area contributed by atoms with Crippen molar-refractivity contribution in [3.8, 4) is 0 Å². The second kappa shape index (κ2) is 5.14. The number of nitrogens with two attached hydrogens (primary N) is 1. The monoisotopic (exact) mass is 267 g/mol. The number of nitrogen functional groups attached to an aromatic ring is 1. The van der Waals surface area contributed by atoms with Gasteiger partial charge in [-0.1, -0.05) is 24.9 Å². The molecule has 1 aliphatic rings. The highest BCUT2D eigenvalue weighted by molar-refractivity contribution is 6.29. The van der Waals surface area contributed by atoms with Crippen LogP contribution in [0, 0.1) is 5.41 Å². The van der Waals surface area contributed by atoms with Gasteiger partial charge in [0.05, 0.1) is 17.4 Å². The summed E-state index contributed by atoms with van der Waals surface area (Å²) in [6.07, 6.45) is 6.15. The van der Waals surface area contributed by atoms with E-state index >= 15 is 0 Å². The Hall–Kier alpha value is -1.29. The minimum Gasteiger partial charge on any atom is -0.397 e. The molecule has 0 unspecified atom stereocenters. The first-order valence-electron chi connectivity index (χ1n) is 6.25. The molecule has 0 aromatic carbocycles. The van der Waals surface area contributed by atoms with Crippen molar-refractivity contribution in [2.45, 2.75) is 32.6 Å². The van der Waals surface area contributed by atoms with Gasteiger partial charge in [-0.15, -0.1) is 0 Å². The lowest BCUT2D eigenvalue weighted by molar-refractivity contribution is 0.0851. The SMILES string of the molecule is CCC1(CNC(=O)c2cc(Cl)ncc2N)CCC1. The minimum atomic E-state index is -0.170. The molecule has 0 bridgehead atoms. The van der Waals surface area contributed by atoms with Crippen molar-refractivity contribution >= 4 is 23.2 Å². The van der Waals surface area contributed by atoms with Crippen LogP contribution in [0.2, 0.25) is 5.15 Å². The highest BCUT2D eigenvalue weighted by Crippen LogP contribution is 2.43. The maximum Gasteiger partial charge on any atom is 0.253 e. The molecule has 1 saturated carbocycles. The molecule has 1 aromatic heterocycles. The summed E-state index contributed by atoms with van der Waals surface area (Å²) in [5, 5.41) is 3.24. The van der Waals surface area contributed by atoms with Crippen LogP contribution in [-0.2, 0) is 0 Å². The first-order valence-corrected chi connectivity index (χ1v) is 6.63. The van der Waals surface area contributed by atoms with Gasteiger partial charge in [0.25, 0.3) is 5.91 Å². The van der Waals surface area contributed by atoms with Crippen molar-refractivity contribution in [1.29, 1.82) is 0 Å². The van der Waals surface area contributed by atoms with E-state index in [4.69, 9.17) is 17.3 Å². The molecule has 0 atom stereocenters. The van der Waals surface area contributed by atoms with Crippen LogP contribution < -0.4 is 11.1 Å². The molecule has 0 aliphatic heterocycles. The average Bonchev–Trinajstić information content (AvgIpc) is 2.31. The maximum atomic E-state index is 12.0. The molecule has 1 aromatic rings. The van der Waals surface area contributed by atoms with Crippen molar-refractivity contribution < 1.29 is 4.79 Å². The lowest BCUT2D eigenvalue weighted by Crippen LogP contribution is -2.41. The van der Waals surface area contributed by atoms with Gasteiger partial charge in [-0.3, -0.25) is 4.79 Å². The predicted molar refractivity (Wildman–Crippen MR) is 72.6 cm³/mol. The Kier molecular flexibility index (Phi) is 3.76. The van der Waals surface area contributed by atoms with Crippen LogP contribution in [0.4, 0.5) is 5.69 Å². The molecule has 0 spiro atoms. The van der Waals surface area contributed by atoms with Crippen molar-refractivity contribution in [1.82, 2.24) is 10.3 Å². The fourth-order valence-electron chi connectivity index (χ4n) is 2.33. The number of hydrogen-bond acceptors (Lipinski definition) is 3. The third-order valence-corrected chi connectivity index (χ3v) is 4.14. The number of carbonyl (C=O) groups is 1. The van der Waals surface area contributed by atoms with E-state index in [9.17, 15) is 4.79 Å². The first-order chi connectivity index (χ1) is 8.56. The number of amides is 1. The fraction of sp³-hybridized carbons (Fsp3) is 0.538. The van der Waals surface area contributed by atoms with Gasteiger partial charge in [-0.2, -0.15) is 0 Å². The lowest BCUT2D eigenvalue weighted by Gasteiger charge is -2.41. The molecule has 0 radical (unpaired) electrons. The minimum absolute atomic E-state index is 0.170. The standard InChI is InChI=1S/C13H18ClN3O/c1-2-13(4-3-5-13)8-17-12(18)9-6-11(14)16-7-10(9)15/h6-7H,2-5,8,15H2,1H3,(H,17,18). The summed E-state index contributed by atoms with van der Waals surface area (Å²) < 4.78 is 0. The number of anilines is 1. The number of carbonyl (C=O) groups excluding carboxylic acids is 1. The second-order valence-corrected chi connectivity index (χ2v) is 5.37. The summed E-state index contributed by atoms with van der Waals surface area (Å²) in [5.74, 6) is -0.170.